The summed E-state index contributed by atoms with van der Waals surface area (Å²) in [7, 11) is 0. The zero-order chi connectivity index (χ0) is 17.2. The SMILES string of the molecule is CCC(C)(C)OCC(=O)N1CCCC(c2nnc3ccccn23)C1. The van der Waals surface area contributed by atoms with Crippen LogP contribution in [0.2, 0.25) is 0 Å². The number of hydrogen-bond acceptors (Lipinski definition) is 4. The van der Waals surface area contributed by atoms with Crippen LogP contribution in [0.3, 0.4) is 0 Å². The second kappa shape index (κ2) is 6.89. The second-order valence-electron chi connectivity index (χ2n) is 7.07. The maximum Gasteiger partial charge on any atom is 0.248 e. The van der Waals surface area contributed by atoms with Crippen molar-refractivity contribution in [1.29, 1.82) is 0 Å². The first-order valence-electron chi connectivity index (χ1n) is 8.71. The highest BCUT2D eigenvalue weighted by Crippen LogP contribution is 2.26. The van der Waals surface area contributed by atoms with Gasteiger partial charge in [-0.05, 0) is 45.2 Å². The minimum atomic E-state index is -0.256. The predicted octanol–water partition coefficient (Wildman–Crippen LogP) is 2.64. The highest BCUT2D eigenvalue weighted by Gasteiger charge is 2.28. The standard InChI is InChI=1S/C18H26N4O2/c1-4-18(2,3)24-13-16(23)21-10-7-8-14(12-21)17-20-19-15-9-5-6-11-22(15)17/h5-6,9,11,14H,4,7-8,10,12-13H2,1-3H3. The van der Waals surface area contributed by atoms with E-state index in [0.717, 1.165) is 37.3 Å². The van der Waals surface area contributed by atoms with Crippen LogP contribution in [0.25, 0.3) is 5.65 Å². The summed E-state index contributed by atoms with van der Waals surface area (Å²) in [6.45, 7) is 7.72. The molecule has 2 aromatic rings. The van der Waals surface area contributed by atoms with E-state index < -0.39 is 0 Å². The Bertz CT molecular complexity index is 710. The van der Waals surface area contributed by atoms with Gasteiger partial charge in [0.1, 0.15) is 12.4 Å². The van der Waals surface area contributed by atoms with E-state index in [2.05, 4.69) is 17.1 Å². The molecule has 0 aliphatic carbocycles. The number of ether oxygens (including phenoxy) is 1. The Morgan fingerprint density at radius 2 is 2.21 bits per heavy atom. The first-order valence-corrected chi connectivity index (χ1v) is 8.71. The smallest absolute Gasteiger partial charge is 0.248 e. The molecule has 1 saturated heterocycles. The maximum atomic E-state index is 12.5. The number of rotatable bonds is 5. The fraction of sp³-hybridized carbons (Fsp3) is 0.611. The highest BCUT2D eigenvalue weighted by atomic mass is 16.5. The Labute approximate surface area is 142 Å². The Kier molecular flexibility index (Phi) is 4.85. The molecular weight excluding hydrogens is 304 g/mol. The summed E-state index contributed by atoms with van der Waals surface area (Å²) in [4.78, 5) is 14.4. The van der Waals surface area contributed by atoms with Crippen molar-refractivity contribution in [1.82, 2.24) is 19.5 Å². The molecule has 0 spiro atoms. The number of aromatic nitrogens is 3. The van der Waals surface area contributed by atoms with E-state index in [1.807, 2.05) is 47.5 Å². The molecule has 6 heteroatoms. The topological polar surface area (TPSA) is 59.7 Å². The quantitative estimate of drug-likeness (QED) is 0.845. The molecule has 1 aliphatic rings. The summed E-state index contributed by atoms with van der Waals surface area (Å²) in [6.07, 6.45) is 4.88. The minimum Gasteiger partial charge on any atom is -0.366 e. The summed E-state index contributed by atoms with van der Waals surface area (Å²) < 4.78 is 7.79. The molecule has 1 fully saturated rings. The second-order valence-corrected chi connectivity index (χ2v) is 7.07. The number of carbonyl (C=O) groups is 1. The van der Waals surface area contributed by atoms with Crippen LogP contribution < -0.4 is 0 Å². The third-order valence-electron chi connectivity index (χ3n) is 4.92. The van der Waals surface area contributed by atoms with E-state index in [9.17, 15) is 4.79 Å². The van der Waals surface area contributed by atoms with Crippen molar-refractivity contribution in [2.75, 3.05) is 19.7 Å². The molecule has 3 rings (SSSR count). The molecule has 0 saturated carbocycles. The predicted molar refractivity (Wildman–Crippen MR) is 91.9 cm³/mol. The number of amides is 1. The van der Waals surface area contributed by atoms with Crippen molar-refractivity contribution < 1.29 is 9.53 Å². The Balaban J connectivity index is 1.67. The van der Waals surface area contributed by atoms with Gasteiger partial charge >= 0.3 is 0 Å². The summed E-state index contributed by atoms with van der Waals surface area (Å²) in [5.41, 5.74) is 0.595. The van der Waals surface area contributed by atoms with Gasteiger partial charge in [-0.15, -0.1) is 10.2 Å². The van der Waals surface area contributed by atoms with Crippen LogP contribution in [0, 0.1) is 0 Å². The zero-order valence-corrected chi connectivity index (χ0v) is 14.7. The first-order chi connectivity index (χ1) is 11.5. The van der Waals surface area contributed by atoms with E-state index >= 15 is 0 Å². The van der Waals surface area contributed by atoms with Crippen LogP contribution in [0.15, 0.2) is 24.4 Å². The van der Waals surface area contributed by atoms with Gasteiger partial charge in [-0.25, -0.2) is 0 Å². The summed E-state index contributed by atoms with van der Waals surface area (Å²) >= 11 is 0. The minimum absolute atomic E-state index is 0.0649. The average molecular weight is 330 g/mol. The van der Waals surface area contributed by atoms with Crippen LogP contribution in [0.1, 0.15) is 51.8 Å². The van der Waals surface area contributed by atoms with Crippen LogP contribution >= 0.6 is 0 Å². The number of carbonyl (C=O) groups excluding carboxylic acids is 1. The van der Waals surface area contributed by atoms with Crippen LogP contribution in [-0.2, 0) is 9.53 Å². The summed E-state index contributed by atoms with van der Waals surface area (Å²) in [6, 6.07) is 5.88. The fourth-order valence-electron chi connectivity index (χ4n) is 3.00. The maximum absolute atomic E-state index is 12.5. The normalized spacial score (nSPS) is 19.0. The highest BCUT2D eigenvalue weighted by molar-refractivity contribution is 5.77. The van der Waals surface area contributed by atoms with Crippen molar-refractivity contribution in [2.45, 2.75) is 51.6 Å². The van der Waals surface area contributed by atoms with E-state index in [-0.39, 0.29) is 24.0 Å². The van der Waals surface area contributed by atoms with E-state index in [4.69, 9.17) is 4.74 Å². The molecule has 1 aliphatic heterocycles. The van der Waals surface area contributed by atoms with Gasteiger partial charge in [0.2, 0.25) is 5.91 Å². The molecule has 130 valence electrons. The van der Waals surface area contributed by atoms with Gasteiger partial charge in [-0.2, -0.15) is 0 Å². The largest absolute Gasteiger partial charge is 0.366 e. The number of nitrogens with zero attached hydrogens (tertiary/aromatic N) is 4. The monoisotopic (exact) mass is 330 g/mol. The lowest BCUT2D eigenvalue weighted by molar-refractivity contribution is -0.143. The molecule has 1 atom stereocenters. The van der Waals surface area contributed by atoms with Crippen molar-refractivity contribution in [3.05, 3.63) is 30.2 Å². The molecule has 0 N–H and O–H groups in total. The molecule has 1 unspecified atom stereocenters. The average Bonchev–Trinajstić information content (AvgIpc) is 3.04. The van der Waals surface area contributed by atoms with Crippen LogP contribution in [0.5, 0.6) is 0 Å². The van der Waals surface area contributed by atoms with Crippen molar-refractivity contribution >= 4 is 11.6 Å². The number of piperidine rings is 1. The molecule has 0 bridgehead atoms. The van der Waals surface area contributed by atoms with Gasteiger partial charge in [-0.1, -0.05) is 13.0 Å². The molecular formula is C18H26N4O2. The lowest BCUT2D eigenvalue weighted by atomic mass is 9.97. The third-order valence-corrected chi connectivity index (χ3v) is 4.92. The summed E-state index contributed by atoms with van der Waals surface area (Å²) in [5, 5.41) is 8.58. The third kappa shape index (κ3) is 3.59. The molecule has 3 heterocycles. The number of hydrogen-bond donors (Lipinski definition) is 0. The summed E-state index contributed by atoms with van der Waals surface area (Å²) in [5.74, 6) is 1.23. The molecule has 6 nitrogen and oxygen atoms in total. The van der Waals surface area contributed by atoms with Crippen molar-refractivity contribution in [2.24, 2.45) is 0 Å². The number of likely N-dealkylation sites (tertiary alicyclic amines) is 1. The van der Waals surface area contributed by atoms with Gasteiger partial charge in [0.15, 0.2) is 5.65 Å². The van der Waals surface area contributed by atoms with Gasteiger partial charge in [-0.3, -0.25) is 9.20 Å². The first kappa shape index (κ1) is 16.9. The Hall–Kier alpha value is -1.95. The molecule has 2 aromatic heterocycles. The van der Waals surface area contributed by atoms with Gasteiger partial charge in [0.05, 0.1) is 5.60 Å². The molecule has 1 amide bonds. The fourth-order valence-corrected chi connectivity index (χ4v) is 3.00. The van der Waals surface area contributed by atoms with E-state index in [1.165, 1.54) is 0 Å². The Morgan fingerprint density at radius 3 is 3.00 bits per heavy atom. The molecule has 0 aromatic carbocycles. The molecule has 24 heavy (non-hydrogen) atoms. The lowest BCUT2D eigenvalue weighted by Gasteiger charge is -2.33. The van der Waals surface area contributed by atoms with Gasteiger partial charge < -0.3 is 9.64 Å². The Morgan fingerprint density at radius 1 is 1.38 bits per heavy atom. The van der Waals surface area contributed by atoms with E-state index in [1.54, 1.807) is 0 Å². The van der Waals surface area contributed by atoms with Crippen molar-refractivity contribution in [3.8, 4) is 0 Å². The zero-order valence-electron chi connectivity index (χ0n) is 14.7. The van der Waals surface area contributed by atoms with Gasteiger partial charge in [0, 0.05) is 25.2 Å². The number of pyridine rings is 1. The van der Waals surface area contributed by atoms with Crippen molar-refractivity contribution in [3.63, 3.8) is 0 Å². The van der Waals surface area contributed by atoms with E-state index in [0.29, 0.717) is 6.54 Å². The van der Waals surface area contributed by atoms with Crippen LogP contribution in [-0.4, -0.2) is 50.7 Å². The van der Waals surface area contributed by atoms with Gasteiger partial charge in [0.25, 0.3) is 0 Å². The molecule has 0 radical (unpaired) electrons. The van der Waals surface area contributed by atoms with Crippen LogP contribution in [0.4, 0.5) is 0 Å². The number of fused-ring (bicyclic) bond motifs is 1. The lowest BCUT2D eigenvalue weighted by Crippen LogP contribution is -2.42.